The fourth-order valence-corrected chi connectivity index (χ4v) is 2.06. The Hall–Kier alpha value is -1.15. The van der Waals surface area contributed by atoms with Crippen LogP contribution in [0.2, 0.25) is 0 Å². The van der Waals surface area contributed by atoms with Gasteiger partial charge in [0.2, 0.25) is 0 Å². The van der Waals surface area contributed by atoms with Crippen LogP contribution in [0.1, 0.15) is 49.2 Å². The smallest absolute Gasteiger partial charge is 0.0379 e. The number of hydrogen-bond acceptors (Lipinski definition) is 2. The van der Waals surface area contributed by atoms with E-state index in [-0.39, 0.29) is 0 Å². The summed E-state index contributed by atoms with van der Waals surface area (Å²) in [5.41, 5.74) is 3.55. The maximum atomic E-state index is 4.43. The third-order valence-corrected chi connectivity index (χ3v) is 2.81. The van der Waals surface area contributed by atoms with Crippen molar-refractivity contribution in [1.29, 1.82) is 0 Å². The van der Waals surface area contributed by atoms with E-state index >= 15 is 0 Å². The highest BCUT2D eigenvalue weighted by atomic mass is 14.9. The molecule has 0 aliphatic heterocycles. The molecular formula is C15H24N2. The van der Waals surface area contributed by atoms with E-state index in [0.29, 0.717) is 6.04 Å². The van der Waals surface area contributed by atoms with Gasteiger partial charge in [-0.25, -0.2) is 0 Å². The summed E-state index contributed by atoms with van der Waals surface area (Å²) in [5, 5.41) is 3.60. The van der Waals surface area contributed by atoms with Crippen molar-refractivity contribution < 1.29 is 0 Å². The van der Waals surface area contributed by atoms with Crippen molar-refractivity contribution in [3.63, 3.8) is 0 Å². The van der Waals surface area contributed by atoms with Crippen LogP contribution in [-0.4, -0.2) is 11.5 Å². The monoisotopic (exact) mass is 232 g/mol. The number of aryl methyl sites for hydroxylation is 2. The van der Waals surface area contributed by atoms with Crippen molar-refractivity contribution in [3.8, 4) is 0 Å². The number of nitrogens with one attached hydrogen (secondary N) is 1. The van der Waals surface area contributed by atoms with Crippen molar-refractivity contribution in [2.45, 2.75) is 46.1 Å². The molecule has 17 heavy (non-hydrogen) atoms. The predicted octanol–water partition coefficient (Wildman–Crippen LogP) is 3.71. The lowest BCUT2D eigenvalue weighted by molar-refractivity contribution is 0.502. The van der Waals surface area contributed by atoms with E-state index < -0.39 is 0 Å². The summed E-state index contributed by atoms with van der Waals surface area (Å²) in [4.78, 5) is 4.43. The summed E-state index contributed by atoms with van der Waals surface area (Å²) in [7, 11) is 0. The molecule has 0 spiro atoms. The molecule has 1 unspecified atom stereocenters. The quantitative estimate of drug-likeness (QED) is 0.725. The fourth-order valence-electron chi connectivity index (χ4n) is 2.06. The fraction of sp³-hybridized carbons (Fsp3) is 0.533. The van der Waals surface area contributed by atoms with Gasteiger partial charge in [0.1, 0.15) is 0 Å². The molecule has 1 aromatic rings. The maximum absolute atomic E-state index is 4.43. The lowest BCUT2D eigenvalue weighted by Crippen LogP contribution is -2.22. The van der Waals surface area contributed by atoms with Crippen LogP contribution in [0.25, 0.3) is 0 Å². The van der Waals surface area contributed by atoms with Gasteiger partial charge in [0.05, 0.1) is 0 Å². The Bertz CT molecular complexity index is 338. The third kappa shape index (κ3) is 4.70. The molecule has 94 valence electrons. The van der Waals surface area contributed by atoms with Crippen molar-refractivity contribution in [2.75, 3.05) is 6.54 Å². The van der Waals surface area contributed by atoms with Crippen LogP contribution in [0.3, 0.4) is 0 Å². The molecule has 0 aliphatic rings. The second-order valence-corrected chi connectivity index (χ2v) is 4.56. The molecule has 0 aromatic carbocycles. The van der Waals surface area contributed by atoms with Crippen LogP contribution < -0.4 is 5.32 Å². The van der Waals surface area contributed by atoms with Crippen LogP contribution in [0, 0.1) is 13.8 Å². The lowest BCUT2D eigenvalue weighted by Gasteiger charge is -2.19. The maximum Gasteiger partial charge on any atom is 0.0379 e. The molecule has 1 atom stereocenters. The Kier molecular flexibility index (Phi) is 5.92. The highest BCUT2D eigenvalue weighted by molar-refractivity contribution is 5.23. The van der Waals surface area contributed by atoms with Gasteiger partial charge in [0.25, 0.3) is 0 Å². The van der Waals surface area contributed by atoms with Gasteiger partial charge >= 0.3 is 0 Å². The first-order chi connectivity index (χ1) is 8.17. The summed E-state index contributed by atoms with van der Waals surface area (Å²) < 4.78 is 0. The van der Waals surface area contributed by atoms with Crippen LogP contribution >= 0.6 is 0 Å². The number of pyridine rings is 1. The molecule has 2 heteroatoms. The van der Waals surface area contributed by atoms with E-state index in [0.717, 1.165) is 37.2 Å². The molecule has 0 bridgehead atoms. The molecule has 0 saturated heterocycles. The van der Waals surface area contributed by atoms with Crippen molar-refractivity contribution in [2.24, 2.45) is 0 Å². The Morgan fingerprint density at radius 1 is 1.35 bits per heavy atom. The van der Waals surface area contributed by atoms with Gasteiger partial charge in [0.15, 0.2) is 0 Å². The SMILES string of the molecule is C=CCCC(NCCC)c1cc(C)nc(C)c1. The summed E-state index contributed by atoms with van der Waals surface area (Å²) in [6.07, 6.45) is 5.29. The van der Waals surface area contributed by atoms with Crippen LogP contribution in [0.4, 0.5) is 0 Å². The van der Waals surface area contributed by atoms with E-state index in [1.165, 1.54) is 5.56 Å². The third-order valence-electron chi connectivity index (χ3n) is 2.81. The van der Waals surface area contributed by atoms with Gasteiger partial charge in [-0.15, -0.1) is 6.58 Å². The van der Waals surface area contributed by atoms with Crippen LogP contribution in [0.15, 0.2) is 24.8 Å². The average molecular weight is 232 g/mol. The van der Waals surface area contributed by atoms with E-state index in [4.69, 9.17) is 0 Å². The first-order valence-corrected chi connectivity index (χ1v) is 6.46. The minimum Gasteiger partial charge on any atom is -0.310 e. The average Bonchev–Trinajstić information content (AvgIpc) is 2.28. The van der Waals surface area contributed by atoms with Crippen molar-refractivity contribution in [3.05, 3.63) is 41.7 Å². The zero-order valence-electron chi connectivity index (χ0n) is 11.3. The van der Waals surface area contributed by atoms with Gasteiger partial charge < -0.3 is 5.32 Å². The molecule has 0 amide bonds. The van der Waals surface area contributed by atoms with Crippen LogP contribution in [0.5, 0.6) is 0 Å². The zero-order chi connectivity index (χ0) is 12.7. The highest BCUT2D eigenvalue weighted by Crippen LogP contribution is 2.20. The van der Waals surface area contributed by atoms with Gasteiger partial charge in [0, 0.05) is 17.4 Å². The van der Waals surface area contributed by atoms with Crippen molar-refractivity contribution >= 4 is 0 Å². The van der Waals surface area contributed by atoms with Gasteiger partial charge in [-0.1, -0.05) is 13.0 Å². The molecular weight excluding hydrogens is 208 g/mol. The first-order valence-electron chi connectivity index (χ1n) is 6.46. The number of aromatic nitrogens is 1. The zero-order valence-corrected chi connectivity index (χ0v) is 11.3. The Labute approximate surface area is 105 Å². The molecule has 1 rings (SSSR count). The summed E-state index contributed by atoms with van der Waals surface area (Å²) in [5.74, 6) is 0. The molecule has 0 saturated carbocycles. The van der Waals surface area contributed by atoms with Gasteiger partial charge in [-0.05, 0) is 57.4 Å². The van der Waals surface area contributed by atoms with E-state index in [9.17, 15) is 0 Å². The normalized spacial score (nSPS) is 12.4. The standard InChI is InChI=1S/C15H24N2/c1-5-7-8-15(16-9-6-2)14-10-12(3)17-13(4)11-14/h5,10-11,15-16H,1,6-9H2,2-4H3. The first kappa shape index (κ1) is 13.9. The van der Waals surface area contributed by atoms with Gasteiger partial charge in [-0.2, -0.15) is 0 Å². The molecule has 1 aromatic heterocycles. The minimum absolute atomic E-state index is 0.424. The van der Waals surface area contributed by atoms with Crippen LogP contribution in [-0.2, 0) is 0 Å². The number of allylic oxidation sites excluding steroid dienone is 1. The molecule has 1 heterocycles. The lowest BCUT2D eigenvalue weighted by atomic mass is 10.0. The Balaban J connectivity index is 2.82. The largest absolute Gasteiger partial charge is 0.310 e. The molecule has 0 aliphatic carbocycles. The minimum atomic E-state index is 0.424. The van der Waals surface area contributed by atoms with E-state index in [1.54, 1.807) is 0 Å². The number of nitrogens with zero attached hydrogens (tertiary/aromatic N) is 1. The van der Waals surface area contributed by atoms with Gasteiger partial charge in [-0.3, -0.25) is 4.98 Å². The number of rotatable bonds is 7. The molecule has 0 radical (unpaired) electrons. The molecule has 2 nitrogen and oxygen atoms in total. The summed E-state index contributed by atoms with van der Waals surface area (Å²) in [6, 6.07) is 4.79. The second kappa shape index (κ2) is 7.23. The molecule has 1 N–H and O–H groups in total. The Morgan fingerprint density at radius 2 is 2.00 bits per heavy atom. The van der Waals surface area contributed by atoms with E-state index in [2.05, 4.69) is 49.8 Å². The summed E-state index contributed by atoms with van der Waals surface area (Å²) in [6.45, 7) is 11.2. The topological polar surface area (TPSA) is 24.9 Å². The predicted molar refractivity (Wildman–Crippen MR) is 74.2 cm³/mol. The highest BCUT2D eigenvalue weighted by Gasteiger charge is 2.10. The Morgan fingerprint density at radius 3 is 2.53 bits per heavy atom. The van der Waals surface area contributed by atoms with Crippen molar-refractivity contribution in [1.82, 2.24) is 10.3 Å². The van der Waals surface area contributed by atoms with E-state index in [1.807, 2.05) is 6.08 Å². The molecule has 0 fully saturated rings. The number of hydrogen-bond donors (Lipinski definition) is 1. The summed E-state index contributed by atoms with van der Waals surface area (Å²) >= 11 is 0. The second-order valence-electron chi connectivity index (χ2n) is 4.56.